The highest BCUT2D eigenvalue weighted by molar-refractivity contribution is 9.10. The molecule has 0 unspecified atom stereocenters. The van der Waals surface area contributed by atoms with Crippen LogP contribution in [0.4, 0.5) is 8.78 Å². The maximum atomic E-state index is 12.9. The van der Waals surface area contributed by atoms with Gasteiger partial charge in [-0.2, -0.15) is 5.26 Å². The summed E-state index contributed by atoms with van der Waals surface area (Å²) >= 11 is 9.47. The van der Waals surface area contributed by atoms with Gasteiger partial charge in [-0.25, -0.2) is 8.78 Å². The Morgan fingerprint density at radius 1 is 0.905 bits per heavy atom. The third-order valence-electron chi connectivity index (χ3n) is 2.44. The van der Waals surface area contributed by atoms with E-state index in [1.54, 1.807) is 18.2 Å². The number of hydrogen-bond acceptors (Lipinski definition) is 1. The normalized spacial score (nSPS) is 9.52. The molecular formula is C15H10Br3F2N. The summed E-state index contributed by atoms with van der Waals surface area (Å²) < 4.78 is 27.1. The topological polar surface area (TPSA) is 23.8 Å². The van der Waals surface area contributed by atoms with Gasteiger partial charge in [-0.05, 0) is 29.8 Å². The van der Waals surface area contributed by atoms with Crippen LogP contribution in [-0.4, -0.2) is 0 Å². The van der Waals surface area contributed by atoms with Gasteiger partial charge in [0.15, 0.2) is 0 Å². The van der Waals surface area contributed by atoms with E-state index >= 15 is 0 Å². The molecule has 6 heteroatoms. The number of benzene rings is 2. The third-order valence-corrected chi connectivity index (χ3v) is 4.03. The quantitative estimate of drug-likeness (QED) is 0.473. The molecule has 0 bridgehead atoms. The summed E-state index contributed by atoms with van der Waals surface area (Å²) in [5, 5.41) is 8.85. The minimum Gasteiger partial charge on any atom is -0.207 e. The number of nitrogens with zero attached hydrogens (tertiary/aromatic N) is 1. The SMILES string of the molecule is Fc1cc(Br)ccc1CBr.N#CCc1ccc(Br)cc1F. The Balaban J connectivity index is 0.000000211. The minimum atomic E-state index is -0.332. The Bertz CT molecular complexity index is 654. The van der Waals surface area contributed by atoms with E-state index in [0.717, 1.165) is 4.47 Å². The smallest absolute Gasteiger partial charge is 0.128 e. The molecule has 0 spiro atoms. The highest BCUT2D eigenvalue weighted by Crippen LogP contribution is 2.17. The van der Waals surface area contributed by atoms with E-state index in [-0.39, 0.29) is 18.1 Å². The number of nitriles is 1. The molecule has 1 nitrogen and oxygen atoms in total. The highest BCUT2D eigenvalue weighted by Gasteiger charge is 2.00. The van der Waals surface area contributed by atoms with Crippen molar-refractivity contribution in [1.29, 1.82) is 5.26 Å². The van der Waals surface area contributed by atoms with Gasteiger partial charge in [0.2, 0.25) is 0 Å². The molecule has 0 aliphatic heterocycles. The van der Waals surface area contributed by atoms with Crippen molar-refractivity contribution in [2.24, 2.45) is 0 Å². The molecule has 2 aromatic carbocycles. The highest BCUT2D eigenvalue weighted by atomic mass is 79.9. The molecular weight excluding hydrogens is 472 g/mol. The zero-order chi connectivity index (χ0) is 15.8. The minimum absolute atomic E-state index is 0.124. The molecule has 2 rings (SSSR count). The van der Waals surface area contributed by atoms with Crippen molar-refractivity contribution >= 4 is 47.8 Å². The zero-order valence-corrected chi connectivity index (χ0v) is 15.5. The molecule has 0 fully saturated rings. The van der Waals surface area contributed by atoms with Crippen LogP contribution in [0.25, 0.3) is 0 Å². The summed E-state index contributed by atoms with van der Waals surface area (Å²) in [5.74, 6) is -0.507. The van der Waals surface area contributed by atoms with E-state index in [9.17, 15) is 8.78 Å². The van der Waals surface area contributed by atoms with Crippen LogP contribution in [0.3, 0.4) is 0 Å². The molecule has 0 heterocycles. The summed E-state index contributed by atoms with van der Waals surface area (Å²) in [5.41, 5.74) is 1.12. The van der Waals surface area contributed by atoms with Crippen molar-refractivity contribution < 1.29 is 8.78 Å². The molecule has 0 saturated heterocycles. The van der Waals surface area contributed by atoms with Crippen LogP contribution in [0, 0.1) is 23.0 Å². The van der Waals surface area contributed by atoms with E-state index in [2.05, 4.69) is 47.8 Å². The molecule has 110 valence electrons. The first-order valence-corrected chi connectivity index (χ1v) is 8.49. The second kappa shape index (κ2) is 9.29. The molecule has 21 heavy (non-hydrogen) atoms. The number of rotatable bonds is 2. The molecule has 0 aliphatic rings. The van der Waals surface area contributed by atoms with Crippen molar-refractivity contribution in [2.45, 2.75) is 11.8 Å². The summed E-state index contributed by atoms with van der Waals surface area (Å²) in [4.78, 5) is 0. The standard InChI is InChI=1S/C8H5BrFN.C7H5Br2F/c9-7-2-1-6(3-4-11)8(10)5-7;8-4-5-1-2-6(9)3-7(5)10/h1-2,5H,3H2;1-3H,4H2. The summed E-state index contributed by atoms with van der Waals surface area (Å²) in [6, 6.07) is 11.6. The van der Waals surface area contributed by atoms with E-state index in [0.29, 0.717) is 20.9 Å². The molecule has 0 saturated carbocycles. The van der Waals surface area contributed by atoms with Gasteiger partial charge in [-0.15, -0.1) is 0 Å². The first-order valence-electron chi connectivity index (χ1n) is 5.78. The van der Waals surface area contributed by atoms with E-state index in [1.165, 1.54) is 12.1 Å². The van der Waals surface area contributed by atoms with Crippen LogP contribution >= 0.6 is 47.8 Å². The maximum Gasteiger partial charge on any atom is 0.128 e. The average Bonchev–Trinajstić information content (AvgIpc) is 2.43. The summed E-state index contributed by atoms with van der Waals surface area (Å²) in [7, 11) is 0. The van der Waals surface area contributed by atoms with E-state index in [1.807, 2.05) is 12.1 Å². The van der Waals surface area contributed by atoms with Gasteiger partial charge in [0, 0.05) is 19.8 Å². The van der Waals surface area contributed by atoms with Crippen LogP contribution in [0.15, 0.2) is 45.3 Å². The molecule has 2 aromatic rings. The van der Waals surface area contributed by atoms with Gasteiger partial charge in [0.05, 0.1) is 12.5 Å². The lowest BCUT2D eigenvalue weighted by Crippen LogP contribution is -1.87. The fraction of sp³-hybridized carbons (Fsp3) is 0.133. The van der Waals surface area contributed by atoms with Crippen LogP contribution in [-0.2, 0) is 11.8 Å². The predicted molar refractivity (Wildman–Crippen MR) is 90.1 cm³/mol. The second-order valence-electron chi connectivity index (χ2n) is 3.94. The predicted octanol–water partition coefficient (Wildman–Crippen LogP) is 6.14. The van der Waals surface area contributed by atoms with Crippen molar-refractivity contribution in [1.82, 2.24) is 0 Å². The third kappa shape index (κ3) is 6.25. The Morgan fingerprint density at radius 3 is 1.76 bits per heavy atom. The fourth-order valence-electron chi connectivity index (χ4n) is 1.38. The molecule has 0 amide bonds. The lowest BCUT2D eigenvalue weighted by Gasteiger charge is -1.96. The monoisotopic (exact) mass is 479 g/mol. The molecule has 0 aliphatic carbocycles. The number of hydrogen-bond donors (Lipinski definition) is 0. The molecule has 0 radical (unpaired) electrons. The van der Waals surface area contributed by atoms with Gasteiger partial charge in [-0.1, -0.05) is 59.9 Å². The van der Waals surface area contributed by atoms with Gasteiger partial charge >= 0.3 is 0 Å². The van der Waals surface area contributed by atoms with Crippen molar-refractivity contribution in [3.05, 3.63) is 68.1 Å². The van der Waals surface area contributed by atoms with Crippen molar-refractivity contribution in [3.63, 3.8) is 0 Å². The molecule has 0 N–H and O–H groups in total. The number of alkyl halides is 1. The van der Waals surface area contributed by atoms with Crippen LogP contribution in [0.1, 0.15) is 11.1 Å². The molecule has 0 aromatic heterocycles. The fourth-order valence-corrected chi connectivity index (χ4v) is 2.50. The lowest BCUT2D eigenvalue weighted by molar-refractivity contribution is 0.614. The average molecular weight is 482 g/mol. The zero-order valence-electron chi connectivity index (χ0n) is 10.7. The first kappa shape index (κ1) is 18.3. The Hall–Kier alpha value is -0.770. The summed E-state index contributed by atoms with van der Waals surface area (Å²) in [6.45, 7) is 0. The van der Waals surface area contributed by atoms with Crippen LogP contribution < -0.4 is 0 Å². The van der Waals surface area contributed by atoms with Crippen LogP contribution in [0.2, 0.25) is 0 Å². The molecule has 0 atom stereocenters. The van der Waals surface area contributed by atoms with Crippen molar-refractivity contribution in [3.8, 4) is 6.07 Å². The van der Waals surface area contributed by atoms with Gasteiger partial charge in [0.25, 0.3) is 0 Å². The van der Waals surface area contributed by atoms with Gasteiger partial charge in [0.1, 0.15) is 11.6 Å². The van der Waals surface area contributed by atoms with Gasteiger partial charge < -0.3 is 0 Å². The largest absolute Gasteiger partial charge is 0.207 e. The van der Waals surface area contributed by atoms with Crippen LogP contribution in [0.5, 0.6) is 0 Å². The Labute approximate surface area is 147 Å². The second-order valence-corrected chi connectivity index (χ2v) is 6.33. The van der Waals surface area contributed by atoms with E-state index in [4.69, 9.17) is 5.26 Å². The van der Waals surface area contributed by atoms with Gasteiger partial charge in [-0.3, -0.25) is 0 Å². The first-order chi connectivity index (χ1) is 9.97. The van der Waals surface area contributed by atoms with E-state index < -0.39 is 0 Å². The summed E-state index contributed by atoms with van der Waals surface area (Å²) in [6.07, 6.45) is 0.124. The number of halogens is 5. The maximum absolute atomic E-state index is 12.9. The van der Waals surface area contributed by atoms with Crippen molar-refractivity contribution in [2.75, 3.05) is 0 Å². The Morgan fingerprint density at radius 2 is 1.38 bits per heavy atom. The lowest BCUT2D eigenvalue weighted by atomic mass is 10.1. The Kier molecular flexibility index (Phi) is 8.09.